The Kier molecular flexibility index (Phi) is 6.12. The maximum absolute atomic E-state index is 12.8. The van der Waals surface area contributed by atoms with Crippen LogP contribution in [0.25, 0.3) is 0 Å². The van der Waals surface area contributed by atoms with Gasteiger partial charge in [-0.3, -0.25) is 14.4 Å². The molecule has 6 heteroatoms. The molecule has 0 radical (unpaired) electrons. The number of carbonyl (C=O) groups is 3. The van der Waals surface area contributed by atoms with Crippen LogP contribution in [-0.4, -0.2) is 58.7 Å². The van der Waals surface area contributed by atoms with Crippen molar-refractivity contribution in [1.82, 2.24) is 15.1 Å². The van der Waals surface area contributed by atoms with Crippen LogP contribution < -0.4 is 5.32 Å². The SMILES string of the molecule is CC(C)CC(=O)NC1CCN(C(=O)C2CC(=O)N(C(C)(C)C)C2)CC1. The molecule has 1 N–H and O–H groups in total. The van der Waals surface area contributed by atoms with Gasteiger partial charge in [-0.25, -0.2) is 0 Å². The monoisotopic (exact) mass is 351 g/mol. The maximum Gasteiger partial charge on any atom is 0.227 e. The lowest BCUT2D eigenvalue weighted by Gasteiger charge is -2.35. The third-order valence-corrected chi connectivity index (χ3v) is 5.05. The zero-order valence-electron chi connectivity index (χ0n) is 16.3. The van der Waals surface area contributed by atoms with Crippen LogP contribution in [0, 0.1) is 11.8 Å². The number of nitrogens with zero attached hydrogens (tertiary/aromatic N) is 2. The van der Waals surface area contributed by atoms with Gasteiger partial charge in [-0.1, -0.05) is 13.8 Å². The molecule has 2 fully saturated rings. The first-order valence-corrected chi connectivity index (χ1v) is 9.46. The summed E-state index contributed by atoms with van der Waals surface area (Å²) < 4.78 is 0. The summed E-state index contributed by atoms with van der Waals surface area (Å²) in [6.45, 7) is 11.9. The largest absolute Gasteiger partial charge is 0.353 e. The molecule has 0 spiro atoms. The highest BCUT2D eigenvalue weighted by molar-refractivity contribution is 5.89. The van der Waals surface area contributed by atoms with Gasteiger partial charge in [-0.2, -0.15) is 0 Å². The van der Waals surface area contributed by atoms with E-state index >= 15 is 0 Å². The van der Waals surface area contributed by atoms with Crippen LogP contribution >= 0.6 is 0 Å². The van der Waals surface area contributed by atoms with E-state index in [0.29, 0.717) is 38.4 Å². The van der Waals surface area contributed by atoms with Crippen molar-refractivity contribution in [2.75, 3.05) is 19.6 Å². The van der Waals surface area contributed by atoms with Gasteiger partial charge in [-0.15, -0.1) is 0 Å². The summed E-state index contributed by atoms with van der Waals surface area (Å²) in [6.07, 6.45) is 2.45. The van der Waals surface area contributed by atoms with Crippen LogP contribution in [0.3, 0.4) is 0 Å². The molecule has 2 aliphatic rings. The Labute approximate surface area is 151 Å². The molecule has 0 aromatic heterocycles. The lowest BCUT2D eigenvalue weighted by Crippen LogP contribution is -2.49. The third kappa shape index (κ3) is 5.19. The van der Waals surface area contributed by atoms with Crippen LogP contribution in [-0.2, 0) is 14.4 Å². The Morgan fingerprint density at radius 1 is 1.20 bits per heavy atom. The van der Waals surface area contributed by atoms with Gasteiger partial charge in [0.05, 0.1) is 5.92 Å². The highest BCUT2D eigenvalue weighted by atomic mass is 16.2. The fourth-order valence-corrected chi connectivity index (χ4v) is 3.68. The van der Waals surface area contributed by atoms with E-state index in [1.165, 1.54) is 0 Å². The Morgan fingerprint density at radius 3 is 2.28 bits per heavy atom. The van der Waals surface area contributed by atoms with Gasteiger partial charge in [0.2, 0.25) is 17.7 Å². The van der Waals surface area contributed by atoms with E-state index in [0.717, 1.165) is 12.8 Å². The number of amides is 3. The van der Waals surface area contributed by atoms with Crippen LogP contribution in [0.1, 0.15) is 60.3 Å². The molecular weight excluding hydrogens is 318 g/mol. The molecule has 0 aliphatic carbocycles. The first kappa shape index (κ1) is 19.7. The molecule has 25 heavy (non-hydrogen) atoms. The fraction of sp³-hybridized carbons (Fsp3) is 0.842. The molecular formula is C19H33N3O3. The molecule has 6 nitrogen and oxygen atoms in total. The molecule has 3 amide bonds. The first-order chi connectivity index (χ1) is 11.6. The number of carbonyl (C=O) groups excluding carboxylic acids is 3. The zero-order chi connectivity index (χ0) is 18.8. The Balaban J connectivity index is 1.82. The second kappa shape index (κ2) is 7.75. The van der Waals surface area contributed by atoms with Crippen molar-refractivity contribution in [2.45, 2.75) is 71.9 Å². The van der Waals surface area contributed by atoms with E-state index in [4.69, 9.17) is 0 Å². The smallest absolute Gasteiger partial charge is 0.227 e. The second-order valence-electron chi connectivity index (χ2n) is 8.84. The molecule has 142 valence electrons. The summed E-state index contributed by atoms with van der Waals surface area (Å²) in [7, 11) is 0. The van der Waals surface area contributed by atoms with Crippen molar-refractivity contribution in [1.29, 1.82) is 0 Å². The number of hydrogen-bond donors (Lipinski definition) is 1. The Hall–Kier alpha value is -1.59. The van der Waals surface area contributed by atoms with Gasteiger partial charge in [0.1, 0.15) is 0 Å². The predicted octanol–water partition coefficient (Wildman–Crippen LogP) is 1.79. The molecule has 2 heterocycles. The summed E-state index contributed by atoms with van der Waals surface area (Å²) >= 11 is 0. The minimum Gasteiger partial charge on any atom is -0.353 e. The quantitative estimate of drug-likeness (QED) is 0.839. The summed E-state index contributed by atoms with van der Waals surface area (Å²) in [5.41, 5.74) is -0.236. The normalized spacial score (nSPS) is 22.6. The maximum atomic E-state index is 12.8. The van der Waals surface area contributed by atoms with Gasteiger partial charge in [0, 0.05) is 44.1 Å². The molecule has 2 aliphatic heterocycles. The van der Waals surface area contributed by atoms with Gasteiger partial charge >= 0.3 is 0 Å². The lowest BCUT2D eigenvalue weighted by atomic mass is 10.0. The Bertz CT molecular complexity index is 516. The molecule has 2 rings (SSSR count). The van der Waals surface area contributed by atoms with Crippen molar-refractivity contribution in [3.8, 4) is 0 Å². The average molecular weight is 351 g/mol. The summed E-state index contributed by atoms with van der Waals surface area (Å²) in [5.74, 6) is 0.391. The average Bonchev–Trinajstić information content (AvgIpc) is 2.88. The van der Waals surface area contributed by atoms with E-state index in [1.807, 2.05) is 44.4 Å². The number of likely N-dealkylation sites (tertiary alicyclic amines) is 2. The molecule has 0 bridgehead atoms. The summed E-state index contributed by atoms with van der Waals surface area (Å²) in [5, 5.41) is 3.07. The molecule has 1 atom stereocenters. The lowest BCUT2D eigenvalue weighted by molar-refractivity contribution is -0.137. The van der Waals surface area contributed by atoms with Crippen molar-refractivity contribution in [3.05, 3.63) is 0 Å². The minimum atomic E-state index is -0.236. The van der Waals surface area contributed by atoms with E-state index in [-0.39, 0.29) is 35.2 Å². The summed E-state index contributed by atoms with van der Waals surface area (Å²) in [6, 6.07) is 0.159. The number of rotatable bonds is 4. The van der Waals surface area contributed by atoms with Crippen molar-refractivity contribution in [3.63, 3.8) is 0 Å². The van der Waals surface area contributed by atoms with Gasteiger partial charge in [-0.05, 0) is 39.5 Å². The van der Waals surface area contributed by atoms with E-state index in [9.17, 15) is 14.4 Å². The number of nitrogens with one attached hydrogen (secondary N) is 1. The van der Waals surface area contributed by atoms with Gasteiger partial charge < -0.3 is 15.1 Å². The van der Waals surface area contributed by atoms with Crippen LogP contribution in [0.5, 0.6) is 0 Å². The molecule has 0 saturated carbocycles. The van der Waals surface area contributed by atoms with E-state index in [1.54, 1.807) is 0 Å². The second-order valence-corrected chi connectivity index (χ2v) is 8.84. The van der Waals surface area contributed by atoms with E-state index < -0.39 is 0 Å². The molecule has 1 unspecified atom stereocenters. The molecule has 0 aromatic rings. The van der Waals surface area contributed by atoms with E-state index in [2.05, 4.69) is 5.32 Å². The number of piperidine rings is 1. The topological polar surface area (TPSA) is 69.7 Å². The van der Waals surface area contributed by atoms with Crippen LogP contribution in [0.15, 0.2) is 0 Å². The fourth-order valence-electron chi connectivity index (χ4n) is 3.68. The highest BCUT2D eigenvalue weighted by Crippen LogP contribution is 2.27. The Morgan fingerprint density at radius 2 is 1.80 bits per heavy atom. The predicted molar refractivity (Wildman–Crippen MR) is 96.8 cm³/mol. The van der Waals surface area contributed by atoms with Crippen LogP contribution in [0.4, 0.5) is 0 Å². The first-order valence-electron chi connectivity index (χ1n) is 9.46. The van der Waals surface area contributed by atoms with Gasteiger partial charge in [0.15, 0.2) is 0 Å². The van der Waals surface area contributed by atoms with Crippen LogP contribution in [0.2, 0.25) is 0 Å². The number of hydrogen-bond acceptors (Lipinski definition) is 3. The minimum absolute atomic E-state index is 0.0710. The standard InChI is InChI=1S/C19H33N3O3/c1-13(2)10-16(23)20-15-6-8-21(9-7-15)18(25)14-11-17(24)22(12-14)19(3,4)5/h13-15H,6-12H2,1-5H3,(H,20,23). The van der Waals surface area contributed by atoms with Crippen molar-refractivity contribution in [2.24, 2.45) is 11.8 Å². The van der Waals surface area contributed by atoms with Gasteiger partial charge in [0.25, 0.3) is 0 Å². The van der Waals surface area contributed by atoms with Crippen molar-refractivity contribution >= 4 is 17.7 Å². The molecule has 0 aromatic carbocycles. The van der Waals surface area contributed by atoms with Crippen molar-refractivity contribution < 1.29 is 14.4 Å². The summed E-state index contributed by atoms with van der Waals surface area (Å²) in [4.78, 5) is 40.5. The highest BCUT2D eigenvalue weighted by Gasteiger charge is 2.41. The zero-order valence-corrected chi connectivity index (χ0v) is 16.3. The third-order valence-electron chi connectivity index (χ3n) is 5.05. The molecule has 2 saturated heterocycles.